The third kappa shape index (κ3) is 13.1. The first-order valence-corrected chi connectivity index (χ1v) is 10.1. The van der Waals surface area contributed by atoms with Gasteiger partial charge in [0.05, 0.1) is 32.8 Å². The number of amidine groups is 1. The fraction of sp³-hybridized carbons (Fsp3) is 0.0588. The Morgan fingerprint density at radius 3 is 1.66 bits per heavy atom. The zero-order valence-electron chi connectivity index (χ0n) is 16.0. The van der Waals surface area contributed by atoms with E-state index in [0.29, 0.717) is 42.5 Å². The smallest absolute Gasteiger partial charge is 0.211 e. The van der Waals surface area contributed by atoms with E-state index >= 15 is 0 Å². The molecule has 0 amide bonds. The number of carbonyl (C=O) groups is 1. The van der Waals surface area contributed by atoms with Crippen molar-refractivity contribution >= 4 is 106 Å². The second kappa shape index (κ2) is 17.0. The molecule has 0 aliphatic heterocycles. The lowest BCUT2D eigenvalue weighted by Gasteiger charge is -2.00. The summed E-state index contributed by atoms with van der Waals surface area (Å²) in [4.78, 5) is 10.3. The second-order valence-electron chi connectivity index (χ2n) is 5.20. The molecule has 2 rings (SSSR count). The summed E-state index contributed by atoms with van der Waals surface area (Å²) in [5, 5.41) is 15.5. The Balaban J connectivity index is 0. The quantitative estimate of drug-likeness (QED) is 0.112. The third-order valence-corrected chi connectivity index (χ3v) is 4.83. The van der Waals surface area contributed by atoms with Crippen LogP contribution < -0.4 is 22.9 Å². The molecule has 9 N–H and O–H groups in total. The number of rotatable bonds is 4. The number of guanidine groups is 1. The van der Waals surface area contributed by atoms with E-state index < -0.39 is 0 Å². The predicted molar refractivity (Wildman–Crippen MR) is 140 cm³/mol. The van der Waals surface area contributed by atoms with Crippen LogP contribution in [0.3, 0.4) is 0 Å². The number of aldehydes is 1. The summed E-state index contributed by atoms with van der Waals surface area (Å²) in [6.07, 6.45) is 1.97. The number of hydrogen-bond donors (Lipinski definition) is 5. The van der Waals surface area contributed by atoms with Gasteiger partial charge in [-0.2, -0.15) is 5.10 Å². The molecular formula is C17H18Cl7N7O. The average Bonchev–Trinajstić information content (AvgIpc) is 2.69. The second-order valence-corrected chi connectivity index (χ2v) is 7.64. The maximum atomic E-state index is 10.3. The Kier molecular flexibility index (Phi) is 17.4. The largest absolute Gasteiger partial charge is 0.387 e. The standard InChI is InChI=1S/C8H7Cl3N4.C7H3Cl3O.C2H7N3.ClH/c9-5-1-4(3-14-15-8(12)13)7(11)6(10)2-5;8-5-1-4(3-11)7(10)6(9)2-5;3-1-2(4)5;/h1-3H,(H4,12,13,15);1-3H;1,3H2,(H3,4,5);1H/b14-3+;;;. The van der Waals surface area contributed by atoms with Crippen LogP contribution >= 0.6 is 82.0 Å². The van der Waals surface area contributed by atoms with E-state index in [9.17, 15) is 4.79 Å². The van der Waals surface area contributed by atoms with Crippen molar-refractivity contribution < 1.29 is 4.79 Å². The molecule has 0 atom stereocenters. The molecule has 0 unspecified atom stereocenters. The maximum Gasteiger partial charge on any atom is 0.211 e. The van der Waals surface area contributed by atoms with Crippen LogP contribution in [0.5, 0.6) is 0 Å². The van der Waals surface area contributed by atoms with Crippen LogP contribution in [0.4, 0.5) is 0 Å². The van der Waals surface area contributed by atoms with E-state index in [1.165, 1.54) is 24.4 Å². The van der Waals surface area contributed by atoms with Crippen LogP contribution in [0, 0.1) is 5.41 Å². The lowest BCUT2D eigenvalue weighted by Crippen LogP contribution is -2.21. The summed E-state index contributed by atoms with van der Waals surface area (Å²) < 4.78 is 0. The minimum absolute atomic E-state index is 0. The molecule has 0 heterocycles. The highest BCUT2D eigenvalue weighted by Gasteiger charge is 2.05. The highest BCUT2D eigenvalue weighted by atomic mass is 35.5. The van der Waals surface area contributed by atoms with Gasteiger partial charge in [-0.15, -0.1) is 17.5 Å². The molecule has 0 radical (unpaired) electrons. The highest BCUT2D eigenvalue weighted by Crippen LogP contribution is 2.29. The molecule has 0 saturated carbocycles. The van der Waals surface area contributed by atoms with E-state index in [1.807, 2.05) is 0 Å². The van der Waals surface area contributed by atoms with Gasteiger partial charge in [-0.3, -0.25) is 10.2 Å². The van der Waals surface area contributed by atoms with E-state index in [-0.39, 0.29) is 35.8 Å². The molecule has 32 heavy (non-hydrogen) atoms. The van der Waals surface area contributed by atoms with Crippen molar-refractivity contribution in [2.45, 2.75) is 0 Å². The van der Waals surface area contributed by atoms with Gasteiger partial charge in [0.1, 0.15) is 5.84 Å². The van der Waals surface area contributed by atoms with Crippen LogP contribution in [0.2, 0.25) is 30.1 Å². The van der Waals surface area contributed by atoms with E-state index in [2.05, 4.69) is 10.2 Å². The first kappa shape index (κ1) is 32.7. The molecule has 0 aliphatic carbocycles. The van der Waals surface area contributed by atoms with Crippen LogP contribution in [0.15, 0.2) is 34.5 Å². The molecule has 0 spiro atoms. The third-order valence-electron chi connectivity index (χ3n) is 2.76. The van der Waals surface area contributed by atoms with Crippen LogP contribution in [-0.4, -0.2) is 30.8 Å². The van der Waals surface area contributed by atoms with Crippen molar-refractivity contribution in [1.82, 2.24) is 0 Å². The topological polar surface area (TPSA) is 170 Å². The zero-order chi connectivity index (χ0) is 24.1. The van der Waals surface area contributed by atoms with E-state index in [1.54, 1.807) is 6.07 Å². The molecule has 176 valence electrons. The molecule has 0 bridgehead atoms. The van der Waals surface area contributed by atoms with Gasteiger partial charge in [0, 0.05) is 21.2 Å². The van der Waals surface area contributed by atoms with Gasteiger partial charge in [-0.1, -0.05) is 69.6 Å². The first-order chi connectivity index (χ1) is 14.4. The van der Waals surface area contributed by atoms with Crippen LogP contribution in [0.25, 0.3) is 0 Å². The van der Waals surface area contributed by atoms with Gasteiger partial charge in [-0.05, 0) is 24.3 Å². The number of benzene rings is 2. The molecule has 2 aromatic carbocycles. The molecule has 15 heteroatoms. The number of hydrogen-bond acceptors (Lipinski definition) is 5. The Morgan fingerprint density at radius 2 is 1.28 bits per heavy atom. The van der Waals surface area contributed by atoms with Crippen molar-refractivity contribution in [2.24, 2.45) is 33.1 Å². The molecule has 0 aliphatic rings. The Bertz CT molecular complexity index is 980. The van der Waals surface area contributed by atoms with E-state index in [0.717, 1.165) is 0 Å². The normalized spacial score (nSPS) is 9.47. The minimum atomic E-state index is -0.143. The molecule has 0 saturated heterocycles. The van der Waals surface area contributed by atoms with Crippen molar-refractivity contribution in [3.63, 3.8) is 0 Å². The van der Waals surface area contributed by atoms with E-state index in [4.69, 9.17) is 97.9 Å². The average molecular weight is 585 g/mol. The number of halogens is 7. The van der Waals surface area contributed by atoms with Gasteiger partial charge in [0.2, 0.25) is 5.96 Å². The summed E-state index contributed by atoms with van der Waals surface area (Å²) in [7, 11) is 0. The van der Waals surface area contributed by atoms with Crippen LogP contribution in [-0.2, 0) is 0 Å². The zero-order valence-corrected chi connectivity index (χ0v) is 21.3. The van der Waals surface area contributed by atoms with Gasteiger partial charge in [0.25, 0.3) is 0 Å². The molecule has 0 fully saturated rings. The Hall–Kier alpha value is -1.49. The summed E-state index contributed by atoms with van der Waals surface area (Å²) >= 11 is 34.3. The summed E-state index contributed by atoms with van der Waals surface area (Å²) in [6, 6.07) is 6.08. The summed E-state index contributed by atoms with van der Waals surface area (Å²) in [5.74, 6) is -0.111. The minimum Gasteiger partial charge on any atom is -0.387 e. The van der Waals surface area contributed by atoms with Crippen molar-refractivity contribution in [2.75, 3.05) is 6.54 Å². The predicted octanol–water partition coefficient (Wildman–Crippen LogP) is 5.02. The molecular weight excluding hydrogens is 566 g/mol. The number of nitrogens with zero attached hydrogens (tertiary/aromatic N) is 2. The number of nitrogens with one attached hydrogen (secondary N) is 1. The number of nitrogens with two attached hydrogens (primary N) is 4. The van der Waals surface area contributed by atoms with Crippen LogP contribution in [0.1, 0.15) is 15.9 Å². The van der Waals surface area contributed by atoms with Gasteiger partial charge >= 0.3 is 0 Å². The lowest BCUT2D eigenvalue weighted by atomic mass is 10.2. The highest BCUT2D eigenvalue weighted by molar-refractivity contribution is 6.45. The Morgan fingerprint density at radius 1 is 0.875 bits per heavy atom. The first-order valence-electron chi connectivity index (χ1n) is 7.82. The SMILES string of the molecule is Cl.N=C(N)CN.NC(N)=N/N=C/c1cc(Cl)cc(Cl)c1Cl.O=Cc1cc(Cl)cc(Cl)c1Cl. The van der Waals surface area contributed by atoms with Gasteiger partial charge < -0.3 is 22.9 Å². The fourth-order valence-corrected chi connectivity index (χ4v) is 2.82. The van der Waals surface area contributed by atoms with Gasteiger partial charge in [0.15, 0.2) is 6.29 Å². The van der Waals surface area contributed by atoms with Crippen molar-refractivity contribution in [1.29, 1.82) is 5.41 Å². The number of carbonyl (C=O) groups excluding carboxylic acids is 1. The Labute approximate surface area is 220 Å². The lowest BCUT2D eigenvalue weighted by molar-refractivity contribution is 0.112. The summed E-state index contributed by atoms with van der Waals surface area (Å²) in [5.41, 5.74) is 20.6. The molecule has 8 nitrogen and oxygen atoms in total. The molecule has 2 aromatic rings. The fourth-order valence-electron chi connectivity index (χ4n) is 1.49. The van der Waals surface area contributed by atoms with Crippen molar-refractivity contribution in [3.8, 4) is 0 Å². The molecule has 0 aromatic heterocycles. The van der Waals surface area contributed by atoms with Gasteiger partial charge in [-0.25, -0.2) is 0 Å². The maximum absolute atomic E-state index is 10.3. The van der Waals surface area contributed by atoms with Crippen molar-refractivity contribution in [3.05, 3.63) is 65.5 Å². The monoisotopic (exact) mass is 581 g/mol. The summed E-state index contributed by atoms with van der Waals surface area (Å²) in [6.45, 7) is 0.167.